The molecule has 3 aromatic rings. The van der Waals surface area contributed by atoms with Crippen molar-refractivity contribution in [2.45, 2.75) is 12.4 Å². The lowest BCUT2D eigenvalue weighted by Gasteiger charge is -2.26. The second-order valence-electron chi connectivity index (χ2n) is 7.83. The van der Waals surface area contributed by atoms with Crippen LogP contribution in [0.15, 0.2) is 72.3 Å². The number of carbonyl (C=O) groups excluding carboxylic acids is 2. The zero-order valence-corrected chi connectivity index (χ0v) is 20.1. The first kappa shape index (κ1) is 25.9. The molecule has 0 aromatic heterocycles. The van der Waals surface area contributed by atoms with Gasteiger partial charge in [-0.05, 0) is 48.0 Å². The Morgan fingerprint density at radius 2 is 1.57 bits per heavy atom. The molecular formula is C26H19ClF3NO6. The van der Waals surface area contributed by atoms with Crippen LogP contribution in [0.3, 0.4) is 0 Å². The Bertz CT molecular complexity index is 1390. The van der Waals surface area contributed by atoms with Crippen LogP contribution >= 0.6 is 11.6 Å². The molecule has 0 saturated carbocycles. The van der Waals surface area contributed by atoms with Crippen LogP contribution in [0, 0.1) is 0 Å². The SMILES string of the molecule is COc1ccc(C2/C(=C(\O)c3cc(OC)ccc3Cl)C(=O)C(=O)N2c2cccc(OC(F)(F)F)c2)cc1. The molecule has 0 aliphatic carbocycles. The highest BCUT2D eigenvalue weighted by atomic mass is 35.5. The van der Waals surface area contributed by atoms with Crippen molar-refractivity contribution in [2.75, 3.05) is 19.1 Å². The summed E-state index contributed by atoms with van der Waals surface area (Å²) in [5, 5.41) is 11.3. The molecule has 1 unspecified atom stereocenters. The van der Waals surface area contributed by atoms with Crippen LogP contribution in [0.5, 0.6) is 17.2 Å². The summed E-state index contributed by atoms with van der Waals surface area (Å²) >= 11 is 6.28. The molecule has 7 nitrogen and oxygen atoms in total. The lowest BCUT2D eigenvalue weighted by molar-refractivity contribution is -0.274. The van der Waals surface area contributed by atoms with Crippen LogP contribution in [0.25, 0.3) is 5.76 Å². The molecule has 4 rings (SSSR count). The lowest BCUT2D eigenvalue weighted by atomic mass is 9.95. The molecule has 1 saturated heterocycles. The van der Waals surface area contributed by atoms with Crippen molar-refractivity contribution in [3.63, 3.8) is 0 Å². The minimum absolute atomic E-state index is 0.0340. The highest BCUT2D eigenvalue weighted by molar-refractivity contribution is 6.52. The van der Waals surface area contributed by atoms with Crippen molar-refractivity contribution in [1.29, 1.82) is 0 Å². The number of Topliss-reactive ketones (excluding diaryl/α,β-unsaturated/α-hetero) is 1. The van der Waals surface area contributed by atoms with Crippen LogP contribution in [0.4, 0.5) is 18.9 Å². The maximum absolute atomic E-state index is 13.3. The van der Waals surface area contributed by atoms with Crippen LogP contribution in [0.2, 0.25) is 5.02 Å². The number of alkyl halides is 3. The Morgan fingerprint density at radius 3 is 2.19 bits per heavy atom. The Balaban J connectivity index is 1.93. The van der Waals surface area contributed by atoms with E-state index in [4.69, 9.17) is 21.1 Å². The summed E-state index contributed by atoms with van der Waals surface area (Å²) in [6.07, 6.45) is -4.97. The van der Waals surface area contributed by atoms with Crippen LogP contribution in [0.1, 0.15) is 17.2 Å². The number of ether oxygens (including phenoxy) is 3. The quantitative estimate of drug-likeness (QED) is 0.242. The van der Waals surface area contributed by atoms with Gasteiger partial charge in [0.25, 0.3) is 11.7 Å². The smallest absolute Gasteiger partial charge is 0.507 e. The number of anilines is 1. The van der Waals surface area contributed by atoms with E-state index in [2.05, 4.69) is 4.74 Å². The third-order valence-electron chi connectivity index (χ3n) is 5.63. The van der Waals surface area contributed by atoms with E-state index in [0.717, 1.165) is 17.0 Å². The van der Waals surface area contributed by atoms with Gasteiger partial charge in [0.15, 0.2) is 0 Å². The van der Waals surface area contributed by atoms with Gasteiger partial charge in [-0.15, -0.1) is 13.2 Å². The van der Waals surface area contributed by atoms with E-state index in [1.165, 1.54) is 38.5 Å². The summed E-state index contributed by atoms with van der Waals surface area (Å²) in [5.41, 5.74) is 0.0438. The number of aliphatic hydroxyl groups excluding tert-OH is 1. The predicted molar refractivity (Wildman–Crippen MR) is 129 cm³/mol. The fraction of sp³-hybridized carbons (Fsp3) is 0.154. The normalized spacial score (nSPS) is 17.1. The number of hydrogen-bond donors (Lipinski definition) is 1. The molecule has 1 heterocycles. The zero-order valence-electron chi connectivity index (χ0n) is 19.4. The molecule has 3 aromatic carbocycles. The fourth-order valence-corrected chi connectivity index (χ4v) is 4.20. The Kier molecular flexibility index (Phi) is 7.04. The van der Waals surface area contributed by atoms with Gasteiger partial charge in [0.2, 0.25) is 0 Å². The summed E-state index contributed by atoms with van der Waals surface area (Å²) in [7, 11) is 2.86. The number of ketones is 1. The minimum Gasteiger partial charge on any atom is -0.507 e. The highest BCUT2D eigenvalue weighted by Gasteiger charge is 2.47. The molecule has 0 radical (unpaired) electrons. The van der Waals surface area contributed by atoms with E-state index < -0.39 is 35.6 Å². The number of nitrogens with zero attached hydrogens (tertiary/aromatic N) is 1. The van der Waals surface area contributed by atoms with Crippen LogP contribution in [-0.4, -0.2) is 37.4 Å². The average molecular weight is 534 g/mol. The van der Waals surface area contributed by atoms with Crippen LogP contribution in [-0.2, 0) is 9.59 Å². The molecular weight excluding hydrogens is 515 g/mol. The van der Waals surface area contributed by atoms with E-state index in [0.29, 0.717) is 17.1 Å². The van der Waals surface area contributed by atoms with Gasteiger partial charge in [0.1, 0.15) is 23.0 Å². The van der Waals surface area contributed by atoms with Crippen molar-refractivity contribution in [3.8, 4) is 17.2 Å². The molecule has 1 amide bonds. The van der Waals surface area contributed by atoms with Crippen molar-refractivity contribution >= 4 is 34.7 Å². The van der Waals surface area contributed by atoms with E-state index >= 15 is 0 Å². The van der Waals surface area contributed by atoms with Gasteiger partial charge in [-0.25, -0.2) is 0 Å². The molecule has 37 heavy (non-hydrogen) atoms. The number of aliphatic hydroxyl groups is 1. The maximum Gasteiger partial charge on any atom is 0.573 e. The van der Waals surface area contributed by atoms with Gasteiger partial charge in [-0.3, -0.25) is 14.5 Å². The fourth-order valence-electron chi connectivity index (χ4n) is 3.99. The number of halogens is 4. The van der Waals surface area contributed by atoms with Gasteiger partial charge < -0.3 is 19.3 Å². The third kappa shape index (κ3) is 5.19. The third-order valence-corrected chi connectivity index (χ3v) is 5.96. The van der Waals surface area contributed by atoms with Gasteiger partial charge in [0.05, 0.1) is 30.9 Å². The summed E-state index contributed by atoms with van der Waals surface area (Å²) in [6, 6.07) is 14.1. The minimum atomic E-state index is -4.97. The Labute approximate surface area is 214 Å². The highest BCUT2D eigenvalue weighted by Crippen LogP contribution is 2.44. The number of rotatable bonds is 6. The zero-order chi connectivity index (χ0) is 26.9. The second kappa shape index (κ2) is 10.1. The largest absolute Gasteiger partial charge is 0.573 e. The van der Waals surface area contributed by atoms with Crippen molar-refractivity contribution < 1.29 is 42.1 Å². The molecule has 1 N–H and O–H groups in total. The summed E-state index contributed by atoms with van der Waals surface area (Å²) < 4.78 is 52.8. The summed E-state index contributed by atoms with van der Waals surface area (Å²) in [6.45, 7) is 0. The molecule has 1 fully saturated rings. The topological polar surface area (TPSA) is 85.3 Å². The molecule has 11 heteroatoms. The molecule has 1 aliphatic rings. The van der Waals surface area contributed by atoms with Gasteiger partial charge in [-0.2, -0.15) is 0 Å². The molecule has 0 spiro atoms. The number of amides is 1. The van der Waals surface area contributed by atoms with Gasteiger partial charge >= 0.3 is 6.36 Å². The van der Waals surface area contributed by atoms with Crippen LogP contribution < -0.4 is 19.1 Å². The predicted octanol–water partition coefficient (Wildman–Crippen LogP) is 5.88. The number of benzene rings is 3. The maximum atomic E-state index is 13.3. The Morgan fingerprint density at radius 1 is 0.919 bits per heavy atom. The van der Waals surface area contributed by atoms with Gasteiger partial charge in [-0.1, -0.05) is 29.8 Å². The van der Waals surface area contributed by atoms with E-state index in [9.17, 15) is 27.9 Å². The number of carbonyl (C=O) groups is 2. The second-order valence-corrected chi connectivity index (χ2v) is 8.24. The molecule has 192 valence electrons. The first-order chi connectivity index (χ1) is 17.5. The summed E-state index contributed by atoms with van der Waals surface area (Å²) in [4.78, 5) is 27.5. The monoisotopic (exact) mass is 533 g/mol. The number of methoxy groups -OCH3 is 2. The van der Waals surface area contributed by atoms with Crippen molar-refractivity contribution in [2.24, 2.45) is 0 Å². The Hall–Kier alpha value is -4.18. The van der Waals surface area contributed by atoms with E-state index in [1.807, 2.05) is 0 Å². The first-order valence-corrected chi connectivity index (χ1v) is 11.1. The molecule has 1 aliphatic heterocycles. The van der Waals surface area contributed by atoms with Crippen molar-refractivity contribution in [1.82, 2.24) is 0 Å². The van der Waals surface area contributed by atoms with E-state index in [1.54, 1.807) is 30.3 Å². The number of hydrogen-bond acceptors (Lipinski definition) is 6. The molecule has 1 atom stereocenters. The lowest BCUT2D eigenvalue weighted by Crippen LogP contribution is -2.29. The van der Waals surface area contributed by atoms with Gasteiger partial charge in [0, 0.05) is 17.3 Å². The molecule has 0 bridgehead atoms. The average Bonchev–Trinajstić information content (AvgIpc) is 3.13. The van der Waals surface area contributed by atoms with E-state index in [-0.39, 0.29) is 21.8 Å². The standard InChI is InChI=1S/C26H19ClF3NO6/c1-35-16-8-6-14(7-9-16)22-21(23(32)19-13-17(36-2)10-11-20(19)27)24(33)25(34)31(22)15-4-3-5-18(12-15)37-26(28,29)30/h3-13,22,32H,1-2H3/b23-21+. The summed E-state index contributed by atoms with van der Waals surface area (Å²) in [5.74, 6) is -2.47. The van der Waals surface area contributed by atoms with Crippen molar-refractivity contribution in [3.05, 3.63) is 88.5 Å². The first-order valence-electron chi connectivity index (χ1n) is 10.7.